The Bertz CT molecular complexity index is 292. The minimum Gasteiger partial charge on any atom is -0.414 e. The highest BCUT2D eigenvalue weighted by Crippen LogP contribution is 2.37. The summed E-state index contributed by atoms with van der Waals surface area (Å²) in [5.74, 6) is 0.795. The van der Waals surface area contributed by atoms with Crippen LogP contribution < -0.4 is 0 Å². The van der Waals surface area contributed by atoms with Gasteiger partial charge in [-0.25, -0.2) is 0 Å². The molecule has 0 radical (unpaired) electrons. The van der Waals surface area contributed by atoms with Gasteiger partial charge in [0, 0.05) is 0 Å². The molecule has 112 valence electrons. The maximum Gasteiger partial charge on any atom is 0.171 e. The van der Waals surface area contributed by atoms with Crippen molar-refractivity contribution >= 4 is 9.04 Å². The summed E-state index contributed by atoms with van der Waals surface area (Å²) in [6.07, 6.45) is 8.25. The standard InChI is InChI=1S/C16H32O2Si/c1-16(2,3)14-8-6-7-13(11-12-17)15(10-9-14)18-19(4)5/h11,14-15,17,19H,6-10,12H2,1-5H3. The van der Waals surface area contributed by atoms with E-state index in [-0.39, 0.29) is 12.7 Å². The van der Waals surface area contributed by atoms with Crippen LogP contribution >= 0.6 is 0 Å². The van der Waals surface area contributed by atoms with Crippen molar-refractivity contribution in [3.63, 3.8) is 0 Å². The summed E-state index contributed by atoms with van der Waals surface area (Å²) in [4.78, 5) is 0. The van der Waals surface area contributed by atoms with E-state index in [1.54, 1.807) is 0 Å². The SMILES string of the molecule is C[SiH](C)OC1CCC(C(C)(C)C)CCCC1=CCO. The van der Waals surface area contributed by atoms with Gasteiger partial charge in [-0.05, 0) is 62.1 Å². The fraction of sp³-hybridized carbons (Fsp3) is 0.875. The zero-order valence-electron chi connectivity index (χ0n) is 13.4. The van der Waals surface area contributed by atoms with E-state index in [0.29, 0.717) is 5.41 Å². The van der Waals surface area contributed by atoms with E-state index in [9.17, 15) is 5.11 Å². The van der Waals surface area contributed by atoms with Crippen LogP contribution in [-0.2, 0) is 4.43 Å². The Hall–Kier alpha value is -0.123. The second kappa shape index (κ2) is 7.60. The molecule has 0 spiro atoms. The van der Waals surface area contributed by atoms with Gasteiger partial charge in [0.2, 0.25) is 0 Å². The summed E-state index contributed by atoms with van der Waals surface area (Å²) in [7, 11) is -1.03. The van der Waals surface area contributed by atoms with E-state index >= 15 is 0 Å². The van der Waals surface area contributed by atoms with E-state index < -0.39 is 9.04 Å². The van der Waals surface area contributed by atoms with Gasteiger partial charge < -0.3 is 9.53 Å². The molecule has 0 heterocycles. The summed E-state index contributed by atoms with van der Waals surface area (Å²) < 4.78 is 6.21. The second-order valence-electron chi connectivity index (χ2n) is 7.17. The Morgan fingerprint density at radius 3 is 2.47 bits per heavy atom. The molecule has 1 rings (SSSR count). The molecule has 1 N–H and O–H groups in total. The van der Waals surface area contributed by atoms with Gasteiger partial charge in [0.1, 0.15) is 0 Å². The van der Waals surface area contributed by atoms with Crippen molar-refractivity contribution < 1.29 is 9.53 Å². The van der Waals surface area contributed by atoms with Crippen LogP contribution in [0.25, 0.3) is 0 Å². The number of aliphatic hydroxyl groups is 1. The van der Waals surface area contributed by atoms with Crippen molar-refractivity contribution in [2.45, 2.75) is 72.1 Å². The van der Waals surface area contributed by atoms with Crippen molar-refractivity contribution in [3.8, 4) is 0 Å². The molecule has 0 aromatic rings. The van der Waals surface area contributed by atoms with Gasteiger partial charge in [0.25, 0.3) is 0 Å². The first-order chi connectivity index (χ1) is 8.84. The molecule has 2 unspecified atom stereocenters. The minimum absolute atomic E-state index is 0.150. The third-order valence-corrected chi connectivity index (χ3v) is 5.10. The molecule has 1 fully saturated rings. The van der Waals surface area contributed by atoms with Gasteiger partial charge in [-0.15, -0.1) is 0 Å². The highest BCUT2D eigenvalue weighted by atomic mass is 28.3. The fourth-order valence-electron chi connectivity index (χ4n) is 3.10. The first-order valence-corrected chi connectivity index (χ1v) is 10.6. The summed E-state index contributed by atoms with van der Waals surface area (Å²) in [6.45, 7) is 11.7. The van der Waals surface area contributed by atoms with Crippen LogP contribution in [-0.4, -0.2) is 26.9 Å². The van der Waals surface area contributed by atoms with Crippen LogP contribution in [0.5, 0.6) is 0 Å². The van der Waals surface area contributed by atoms with Crippen molar-refractivity contribution in [3.05, 3.63) is 11.6 Å². The van der Waals surface area contributed by atoms with E-state index in [1.807, 2.05) is 6.08 Å². The Balaban J connectivity index is 2.75. The molecule has 2 atom stereocenters. The lowest BCUT2D eigenvalue weighted by Crippen LogP contribution is -2.29. The number of hydrogen-bond donors (Lipinski definition) is 1. The molecule has 0 amide bonds. The molecule has 0 aromatic carbocycles. The highest BCUT2D eigenvalue weighted by Gasteiger charge is 2.28. The van der Waals surface area contributed by atoms with Crippen LogP contribution in [0.2, 0.25) is 13.1 Å². The van der Waals surface area contributed by atoms with Gasteiger partial charge in [0.15, 0.2) is 9.04 Å². The third kappa shape index (κ3) is 5.80. The lowest BCUT2D eigenvalue weighted by atomic mass is 9.73. The summed E-state index contributed by atoms with van der Waals surface area (Å²) >= 11 is 0. The molecule has 0 saturated heterocycles. The van der Waals surface area contributed by atoms with Gasteiger partial charge >= 0.3 is 0 Å². The lowest BCUT2D eigenvalue weighted by molar-refractivity contribution is 0.150. The minimum atomic E-state index is -1.03. The Morgan fingerprint density at radius 2 is 1.95 bits per heavy atom. The quantitative estimate of drug-likeness (QED) is 0.629. The van der Waals surface area contributed by atoms with Gasteiger partial charge in [-0.1, -0.05) is 26.8 Å². The van der Waals surface area contributed by atoms with Gasteiger partial charge in [0.05, 0.1) is 12.7 Å². The van der Waals surface area contributed by atoms with Crippen molar-refractivity contribution in [1.82, 2.24) is 0 Å². The monoisotopic (exact) mass is 284 g/mol. The largest absolute Gasteiger partial charge is 0.414 e. The zero-order valence-corrected chi connectivity index (χ0v) is 14.6. The lowest BCUT2D eigenvalue weighted by Gasteiger charge is -2.35. The zero-order chi connectivity index (χ0) is 14.5. The molecular formula is C16H32O2Si. The summed E-state index contributed by atoms with van der Waals surface area (Å²) in [5.41, 5.74) is 1.74. The van der Waals surface area contributed by atoms with E-state index in [2.05, 4.69) is 33.9 Å². The predicted octanol–water partition coefficient (Wildman–Crippen LogP) is 3.90. The molecule has 0 aliphatic heterocycles. The van der Waals surface area contributed by atoms with Crippen LogP contribution in [0.3, 0.4) is 0 Å². The topological polar surface area (TPSA) is 29.5 Å². The van der Waals surface area contributed by atoms with Gasteiger partial charge in [-0.3, -0.25) is 0 Å². The molecule has 0 bridgehead atoms. The Labute approximate surface area is 121 Å². The molecule has 3 heteroatoms. The van der Waals surface area contributed by atoms with Crippen LogP contribution in [0.1, 0.15) is 52.9 Å². The van der Waals surface area contributed by atoms with E-state index in [0.717, 1.165) is 18.8 Å². The third-order valence-electron chi connectivity index (χ3n) is 4.22. The molecular weight excluding hydrogens is 252 g/mol. The normalized spacial score (nSPS) is 28.5. The fourth-order valence-corrected chi connectivity index (χ4v) is 4.06. The number of hydrogen-bond acceptors (Lipinski definition) is 2. The van der Waals surface area contributed by atoms with Crippen molar-refractivity contribution in [1.29, 1.82) is 0 Å². The molecule has 0 aromatic heterocycles. The first kappa shape index (κ1) is 16.9. The highest BCUT2D eigenvalue weighted by molar-refractivity contribution is 6.48. The number of aliphatic hydroxyl groups excluding tert-OH is 1. The molecule has 1 aliphatic rings. The average molecular weight is 285 g/mol. The molecule has 2 nitrogen and oxygen atoms in total. The molecule has 1 saturated carbocycles. The van der Waals surface area contributed by atoms with Crippen LogP contribution in [0.15, 0.2) is 11.6 Å². The van der Waals surface area contributed by atoms with Gasteiger partial charge in [-0.2, -0.15) is 0 Å². The second-order valence-corrected chi connectivity index (χ2v) is 9.54. The Kier molecular flexibility index (Phi) is 6.78. The number of rotatable bonds is 3. The summed E-state index contributed by atoms with van der Waals surface area (Å²) in [6, 6.07) is 0. The van der Waals surface area contributed by atoms with Crippen molar-refractivity contribution in [2.24, 2.45) is 11.3 Å². The van der Waals surface area contributed by atoms with E-state index in [4.69, 9.17) is 4.43 Å². The van der Waals surface area contributed by atoms with Crippen molar-refractivity contribution in [2.75, 3.05) is 6.61 Å². The first-order valence-electron chi connectivity index (χ1n) is 7.79. The predicted molar refractivity (Wildman–Crippen MR) is 84.9 cm³/mol. The molecule has 19 heavy (non-hydrogen) atoms. The van der Waals surface area contributed by atoms with Crippen LogP contribution in [0, 0.1) is 11.3 Å². The van der Waals surface area contributed by atoms with E-state index in [1.165, 1.54) is 24.8 Å². The van der Waals surface area contributed by atoms with Crippen LogP contribution in [0.4, 0.5) is 0 Å². The maximum absolute atomic E-state index is 9.19. The Morgan fingerprint density at radius 1 is 1.26 bits per heavy atom. The summed E-state index contributed by atoms with van der Waals surface area (Å²) in [5, 5.41) is 9.19. The maximum atomic E-state index is 9.19. The smallest absolute Gasteiger partial charge is 0.171 e. The average Bonchev–Trinajstić information content (AvgIpc) is 2.25. The molecule has 1 aliphatic carbocycles.